The van der Waals surface area contributed by atoms with Gasteiger partial charge in [-0.3, -0.25) is 14.4 Å². The van der Waals surface area contributed by atoms with Crippen molar-refractivity contribution in [3.63, 3.8) is 0 Å². The van der Waals surface area contributed by atoms with Crippen LogP contribution in [0.5, 0.6) is 0 Å². The van der Waals surface area contributed by atoms with Gasteiger partial charge in [0.2, 0.25) is 5.91 Å². The van der Waals surface area contributed by atoms with Crippen LogP contribution >= 0.6 is 58.0 Å². The van der Waals surface area contributed by atoms with E-state index in [4.69, 9.17) is 58.0 Å². The van der Waals surface area contributed by atoms with Crippen LogP contribution in [0.15, 0.2) is 48.5 Å². The maximum Gasteiger partial charge on any atom is 0.471 e. The Kier molecular flexibility index (Phi) is 8.83. The molecule has 1 fully saturated rings. The Morgan fingerprint density at radius 3 is 2.00 bits per heavy atom. The molecule has 0 saturated heterocycles. The van der Waals surface area contributed by atoms with Gasteiger partial charge in [-0.25, -0.2) is 8.78 Å². The highest BCUT2D eigenvalue weighted by atomic mass is 35.5. The first-order valence-corrected chi connectivity index (χ1v) is 13.2. The zero-order valence-electron chi connectivity index (χ0n) is 20.0. The normalized spacial score (nSPS) is 17.6. The predicted molar refractivity (Wildman–Crippen MR) is 146 cm³/mol. The summed E-state index contributed by atoms with van der Waals surface area (Å²) in [6.07, 6.45) is -6.16. The van der Waals surface area contributed by atoms with Gasteiger partial charge in [0, 0.05) is 34.8 Å². The van der Waals surface area contributed by atoms with Crippen LogP contribution in [0.1, 0.15) is 27.4 Å². The van der Waals surface area contributed by atoms with Gasteiger partial charge in [-0.1, -0.05) is 40.9 Å². The fraction of sp³-hybridized carbons (Fsp3) is 0.192. The highest BCUT2D eigenvalue weighted by molar-refractivity contribution is 6.53. The molecule has 15 heteroatoms. The van der Waals surface area contributed by atoms with Crippen molar-refractivity contribution in [2.45, 2.75) is 22.8 Å². The van der Waals surface area contributed by atoms with Crippen LogP contribution in [0.2, 0.25) is 15.1 Å². The largest absolute Gasteiger partial charge is 0.471 e. The van der Waals surface area contributed by atoms with Crippen LogP contribution in [-0.2, 0) is 16.0 Å². The number of amides is 2. The molecule has 1 saturated carbocycles. The van der Waals surface area contributed by atoms with E-state index in [1.165, 1.54) is 35.6 Å². The number of carbonyl (C=O) groups is 3. The summed E-state index contributed by atoms with van der Waals surface area (Å²) in [4.78, 5) is 36.9. The smallest absolute Gasteiger partial charge is 0.326 e. The third-order valence-corrected chi connectivity index (χ3v) is 8.18. The molecule has 5 nitrogen and oxygen atoms in total. The van der Waals surface area contributed by atoms with Gasteiger partial charge in [-0.2, -0.15) is 13.2 Å². The number of alkyl halides is 5. The molecule has 0 spiro atoms. The topological polar surface area (TPSA) is 75.3 Å². The van der Waals surface area contributed by atoms with E-state index in [1.807, 2.05) is 0 Å². The number of anilines is 2. The molecule has 1 aliphatic rings. The van der Waals surface area contributed by atoms with Gasteiger partial charge in [0.1, 0.15) is 16.0 Å². The summed E-state index contributed by atoms with van der Waals surface area (Å²) in [7, 11) is 0. The highest BCUT2D eigenvalue weighted by Gasteiger charge is 2.67. The van der Waals surface area contributed by atoms with Crippen molar-refractivity contribution < 1.29 is 36.3 Å². The van der Waals surface area contributed by atoms with E-state index in [0.717, 1.165) is 0 Å². The Hall–Kier alpha value is -2.63. The van der Waals surface area contributed by atoms with E-state index in [2.05, 4.69) is 5.32 Å². The number of benzene rings is 3. The predicted octanol–water partition coefficient (Wildman–Crippen LogP) is 8.38. The zero-order chi connectivity index (χ0) is 30.4. The minimum absolute atomic E-state index is 0.0952. The van der Waals surface area contributed by atoms with Crippen LogP contribution in [0.4, 0.5) is 33.3 Å². The first-order chi connectivity index (χ1) is 19.0. The number of Topliss-reactive ketones (excluding diaryl/α,β-unsaturated/α-hetero) is 1. The Morgan fingerprint density at radius 2 is 1.41 bits per heavy atom. The fourth-order valence-electron chi connectivity index (χ4n) is 4.11. The first kappa shape index (κ1) is 31.3. The van der Waals surface area contributed by atoms with Crippen molar-refractivity contribution in [2.24, 2.45) is 5.92 Å². The molecule has 4 rings (SSSR count). The number of hydrogen-bond acceptors (Lipinski definition) is 3. The molecule has 216 valence electrons. The zero-order valence-corrected chi connectivity index (χ0v) is 23.8. The average molecular weight is 675 g/mol. The summed E-state index contributed by atoms with van der Waals surface area (Å²) in [5.74, 6) is -8.18. The maximum absolute atomic E-state index is 14.5. The average Bonchev–Trinajstić information content (AvgIpc) is 3.45. The fourth-order valence-corrected chi connectivity index (χ4v) is 5.47. The molecule has 0 radical (unpaired) electrons. The van der Waals surface area contributed by atoms with Crippen molar-refractivity contribution in [1.82, 2.24) is 0 Å². The van der Waals surface area contributed by atoms with Gasteiger partial charge in [0.15, 0.2) is 5.78 Å². The standard InChI is InChI=1S/C26H14Cl5F5N2O3/c27-15-4-2-11(37-23(40)22-21(25(22,30)31)10-1-3-16(28)17(29)5-10)6-13(15)20(39)9-14-18(32)7-12(8-19(14)33)38-24(41)26(34,35)36/h1-8,21-22H,9H2,(H,37,40)(H,38,41)/t21-,22+/m0/s1. The van der Waals surface area contributed by atoms with Crippen molar-refractivity contribution in [3.8, 4) is 0 Å². The van der Waals surface area contributed by atoms with Gasteiger partial charge in [-0.15, -0.1) is 23.2 Å². The number of rotatable bonds is 7. The van der Waals surface area contributed by atoms with E-state index in [-0.39, 0.29) is 21.3 Å². The molecule has 2 amide bonds. The quantitative estimate of drug-likeness (QED) is 0.150. The van der Waals surface area contributed by atoms with Crippen LogP contribution < -0.4 is 10.6 Å². The second kappa shape index (κ2) is 11.6. The molecule has 41 heavy (non-hydrogen) atoms. The van der Waals surface area contributed by atoms with Crippen LogP contribution in [-0.4, -0.2) is 28.1 Å². The molecule has 0 unspecified atom stereocenters. The molecule has 0 heterocycles. The van der Waals surface area contributed by atoms with Crippen LogP contribution in [0.25, 0.3) is 0 Å². The SMILES string of the molecule is O=C(Cc1c(F)cc(NC(=O)C(F)(F)F)cc1F)c1cc(NC(=O)[C@H]2[C@H](c3ccc(Cl)c(Cl)c3)C2(Cl)Cl)ccc1Cl. The van der Waals surface area contributed by atoms with Gasteiger partial charge < -0.3 is 10.6 Å². The Morgan fingerprint density at radius 1 is 0.805 bits per heavy atom. The summed E-state index contributed by atoms with van der Waals surface area (Å²) in [6.45, 7) is 0. The number of carbonyl (C=O) groups excluding carboxylic acids is 3. The van der Waals surface area contributed by atoms with Crippen molar-refractivity contribution in [1.29, 1.82) is 0 Å². The van der Waals surface area contributed by atoms with Crippen LogP contribution in [0.3, 0.4) is 0 Å². The lowest BCUT2D eigenvalue weighted by Crippen LogP contribution is -2.30. The van der Waals surface area contributed by atoms with Gasteiger partial charge in [-0.05, 0) is 48.0 Å². The number of halogens is 10. The van der Waals surface area contributed by atoms with Crippen LogP contribution in [0, 0.1) is 17.6 Å². The van der Waals surface area contributed by atoms with Crippen molar-refractivity contribution in [2.75, 3.05) is 10.6 Å². The van der Waals surface area contributed by atoms with Gasteiger partial charge in [0.05, 0.1) is 21.0 Å². The number of ketones is 1. The lowest BCUT2D eigenvalue weighted by atomic mass is 10.0. The first-order valence-electron chi connectivity index (χ1n) is 11.3. The summed E-state index contributed by atoms with van der Waals surface area (Å²) in [5.41, 5.74) is -1.11. The summed E-state index contributed by atoms with van der Waals surface area (Å²) in [5, 5.41) is 4.34. The highest BCUT2D eigenvalue weighted by Crippen LogP contribution is 2.65. The Balaban J connectivity index is 1.49. The molecule has 1 aliphatic carbocycles. The summed E-state index contributed by atoms with van der Waals surface area (Å²) < 4.78 is 64.9. The third kappa shape index (κ3) is 6.73. The molecule has 3 aromatic rings. The van der Waals surface area contributed by atoms with E-state index in [0.29, 0.717) is 22.7 Å². The molecule has 3 aromatic carbocycles. The molecular weight excluding hydrogens is 661 g/mol. The molecule has 2 atom stereocenters. The van der Waals surface area contributed by atoms with Crippen molar-refractivity contribution in [3.05, 3.63) is 91.9 Å². The number of nitrogens with one attached hydrogen (secondary N) is 2. The molecule has 2 N–H and O–H groups in total. The molecule has 0 bridgehead atoms. The summed E-state index contributed by atoms with van der Waals surface area (Å²) in [6, 6.07) is 9.40. The second-order valence-corrected chi connectivity index (χ2v) is 11.6. The lowest BCUT2D eigenvalue weighted by molar-refractivity contribution is -0.167. The number of hydrogen-bond donors (Lipinski definition) is 2. The third-order valence-electron chi connectivity index (χ3n) is 6.17. The molecule has 0 aliphatic heterocycles. The second-order valence-electron chi connectivity index (χ2n) is 8.96. The Bertz CT molecular complexity index is 1560. The molecule has 0 aromatic heterocycles. The summed E-state index contributed by atoms with van der Waals surface area (Å²) >= 11 is 30.8. The minimum atomic E-state index is -5.28. The van der Waals surface area contributed by atoms with Gasteiger partial charge >= 0.3 is 12.1 Å². The van der Waals surface area contributed by atoms with E-state index >= 15 is 0 Å². The van der Waals surface area contributed by atoms with E-state index in [1.54, 1.807) is 6.07 Å². The lowest BCUT2D eigenvalue weighted by Gasteiger charge is -2.12. The van der Waals surface area contributed by atoms with Crippen molar-refractivity contribution >= 4 is 87.0 Å². The van der Waals surface area contributed by atoms with E-state index < -0.39 is 69.2 Å². The minimum Gasteiger partial charge on any atom is -0.326 e. The monoisotopic (exact) mass is 672 g/mol. The van der Waals surface area contributed by atoms with Gasteiger partial charge in [0.25, 0.3) is 0 Å². The molecular formula is C26H14Cl5F5N2O3. The Labute approximate surface area is 253 Å². The maximum atomic E-state index is 14.5. The van der Waals surface area contributed by atoms with E-state index in [9.17, 15) is 36.3 Å².